The first kappa shape index (κ1) is 15.5. The summed E-state index contributed by atoms with van der Waals surface area (Å²) in [6.45, 7) is 8.38. The number of ether oxygens (including phenoxy) is 1. The third-order valence-electron chi connectivity index (χ3n) is 4.30. The van der Waals surface area contributed by atoms with Crippen molar-refractivity contribution in [1.29, 1.82) is 0 Å². The zero-order valence-corrected chi connectivity index (χ0v) is 13.2. The van der Waals surface area contributed by atoms with E-state index >= 15 is 0 Å². The Bertz CT molecular complexity index is 402. The van der Waals surface area contributed by atoms with Gasteiger partial charge < -0.3 is 10.1 Å². The summed E-state index contributed by atoms with van der Waals surface area (Å²) in [5.74, 6) is 0.713. The van der Waals surface area contributed by atoms with Gasteiger partial charge >= 0.3 is 0 Å². The van der Waals surface area contributed by atoms with E-state index in [1.54, 1.807) is 0 Å². The van der Waals surface area contributed by atoms with E-state index in [4.69, 9.17) is 4.74 Å². The molecule has 0 radical (unpaired) electrons. The molecule has 1 fully saturated rings. The molecule has 0 heterocycles. The standard InChI is InChI=1S/C18H29NO/c1-14(2)19-12-16-9-5-6-10-17(16)13-20-18-11-7-4-8-15(18)3/h5-6,9-10,14-15,18-19H,4,7-8,11-13H2,1-3H3. The van der Waals surface area contributed by atoms with Crippen LogP contribution in [-0.4, -0.2) is 12.1 Å². The molecule has 1 saturated carbocycles. The summed E-state index contributed by atoms with van der Waals surface area (Å²) in [5, 5.41) is 3.49. The quantitative estimate of drug-likeness (QED) is 0.836. The molecule has 2 rings (SSSR count). The predicted octanol–water partition coefficient (Wildman–Crippen LogP) is 4.28. The maximum atomic E-state index is 6.20. The van der Waals surface area contributed by atoms with Crippen molar-refractivity contribution < 1.29 is 4.74 Å². The van der Waals surface area contributed by atoms with Gasteiger partial charge in [-0.3, -0.25) is 0 Å². The third-order valence-corrected chi connectivity index (χ3v) is 4.30. The molecule has 1 aliphatic rings. The lowest BCUT2D eigenvalue weighted by Crippen LogP contribution is -2.26. The lowest BCUT2D eigenvalue weighted by molar-refractivity contribution is -0.0157. The maximum absolute atomic E-state index is 6.20. The van der Waals surface area contributed by atoms with Crippen LogP contribution in [0.4, 0.5) is 0 Å². The fourth-order valence-corrected chi connectivity index (χ4v) is 2.91. The molecule has 0 amide bonds. The Morgan fingerprint density at radius 2 is 1.85 bits per heavy atom. The summed E-state index contributed by atoms with van der Waals surface area (Å²) >= 11 is 0. The fourth-order valence-electron chi connectivity index (χ4n) is 2.91. The second kappa shape index (κ2) is 7.80. The summed E-state index contributed by atoms with van der Waals surface area (Å²) in [7, 11) is 0. The summed E-state index contributed by atoms with van der Waals surface area (Å²) in [4.78, 5) is 0. The zero-order valence-electron chi connectivity index (χ0n) is 13.2. The first-order valence-electron chi connectivity index (χ1n) is 8.08. The van der Waals surface area contributed by atoms with E-state index in [9.17, 15) is 0 Å². The van der Waals surface area contributed by atoms with E-state index in [1.165, 1.54) is 36.8 Å². The Kier molecular flexibility index (Phi) is 6.06. The van der Waals surface area contributed by atoms with Crippen LogP contribution in [-0.2, 0) is 17.9 Å². The highest BCUT2D eigenvalue weighted by atomic mass is 16.5. The number of hydrogen-bond acceptors (Lipinski definition) is 2. The van der Waals surface area contributed by atoms with Gasteiger partial charge in [0.2, 0.25) is 0 Å². The molecule has 2 heteroatoms. The van der Waals surface area contributed by atoms with Crippen LogP contribution in [0, 0.1) is 5.92 Å². The largest absolute Gasteiger partial charge is 0.373 e. The van der Waals surface area contributed by atoms with Crippen molar-refractivity contribution in [3.63, 3.8) is 0 Å². The van der Waals surface area contributed by atoms with Crippen LogP contribution >= 0.6 is 0 Å². The normalized spacial score (nSPS) is 23.2. The molecule has 2 unspecified atom stereocenters. The maximum Gasteiger partial charge on any atom is 0.0723 e. The molecule has 1 aromatic rings. The van der Waals surface area contributed by atoms with Crippen LogP contribution in [0.25, 0.3) is 0 Å². The minimum Gasteiger partial charge on any atom is -0.373 e. The van der Waals surface area contributed by atoms with Crippen LogP contribution in [0.5, 0.6) is 0 Å². The number of nitrogens with one attached hydrogen (secondary N) is 1. The molecular weight excluding hydrogens is 246 g/mol. The average molecular weight is 275 g/mol. The third kappa shape index (κ3) is 4.60. The van der Waals surface area contributed by atoms with E-state index in [0.29, 0.717) is 18.1 Å². The van der Waals surface area contributed by atoms with Gasteiger partial charge in [-0.1, -0.05) is 57.9 Å². The Morgan fingerprint density at radius 1 is 1.15 bits per heavy atom. The summed E-state index contributed by atoms with van der Waals surface area (Å²) in [5.41, 5.74) is 2.70. The van der Waals surface area contributed by atoms with Crippen LogP contribution in [0.1, 0.15) is 57.6 Å². The predicted molar refractivity (Wildman–Crippen MR) is 84.6 cm³/mol. The lowest BCUT2D eigenvalue weighted by atomic mass is 9.88. The SMILES string of the molecule is CC(C)NCc1ccccc1COC1CCCCC1C. The van der Waals surface area contributed by atoms with E-state index in [1.807, 2.05) is 0 Å². The van der Waals surface area contributed by atoms with Crippen molar-refractivity contribution in [3.8, 4) is 0 Å². The second-order valence-corrected chi connectivity index (χ2v) is 6.42. The molecule has 0 saturated heterocycles. The van der Waals surface area contributed by atoms with Crippen molar-refractivity contribution in [2.45, 2.75) is 71.8 Å². The van der Waals surface area contributed by atoms with Crippen molar-refractivity contribution in [3.05, 3.63) is 35.4 Å². The molecule has 20 heavy (non-hydrogen) atoms. The molecule has 112 valence electrons. The van der Waals surface area contributed by atoms with E-state index < -0.39 is 0 Å². The molecule has 2 nitrogen and oxygen atoms in total. The Labute approximate surface area is 123 Å². The Balaban J connectivity index is 1.91. The van der Waals surface area contributed by atoms with Gasteiger partial charge in [-0.25, -0.2) is 0 Å². The van der Waals surface area contributed by atoms with Crippen LogP contribution < -0.4 is 5.32 Å². The first-order valence-corrected chi connectivity index (χ1v) is 8.08. The van der Waals surface area contributed by atoms with Crippen LogP contribution in [0.15, 0.2) is 24.3 Å². The van der Waals surface area contributed by atoms with Gasteiger partial charge in [0.05, 0.1) is 12.7 Å². The fraction of sp³-hybridized carbons (Fsp3) is 0.667. The van der Waals surface area contributed by atoms with Gasteiger partial charge in [0, 0.05) is 12.6 Å². The monoisotopic (exact) mass is 275 g/mol. The highest BCUT2D eigenvalue weighted by Crippen LogP contribution is 2.27. The second-order valence-electron chi connectivity index (χ2n) is 6.42. The van der Waals surface area contributed by atoms with Crippen molar-refractivity contribution >= 4 is 0 Å². The van der Waals surface area contributed by atoms with E-state index in [0.717, 1.165) is 13.2 Å². The highest BCUT2D eigenvalue weighted by molar-refractivity contribution is 5.26. The van der Waals surface area contributed by atoms with Gasteiger partial charge in [-0.15, -0.1) is 0 Å². The number of benzene rings is 1. The summed E-state index contributed by atoms with van der Waals surface area (Å²) in [6.07, 6.45) is 5.70. The average Bonchev–Trinajstić information content (AvgIpc) is 2.45. The molecule has 1 aromatic carbocycles. The summed E-state index contributed by atoms with van der Waals surface area (Å²) < 4.78 is 6.20. The molecule has 2 atom stereocenters. The van der Waals surface area contributed by atoms with Crippen LogP contribution in [0.2, 0.25) is 0 Å². The van der Waals surface area contributed by atoms with Gasteiger partial charge in [0.25, 0.3) is 0 Å². The van der Waals surface area contributed by atoms with E-state index in [-0.39, 0.29) is 0 Å². The molecule has 0 aromatic heterocycles. The molecular formula is C18H29NO. The Hall–Kier alpha value is -0.860. The van der Waals surface area contributed by atoms with Crippen LogP contribution in [0.3, 0.4) is 0 Å². The van der Waals surface area contributed by atoms with Gasteiger partial charge in [-0.05, 0) is 29.9 Å². The topological polar surface area (TPSA) is 21.3 Å². The molecule has 1 N–H and O–H groups in total. The minimum atomic E-state index is 0.454. The van der Waals surface area contributed by atoms with Gasteiger partial charge in [0.1, 0.15) is 0 Å². The van der Waals surface area contributed by atoms with Crippen molar-refractivity contribution in [2.24, 2.45) is 5.92 Å². The van der Waals surface area contributed by atoms with Crippen molar-refractivity contribution in [1.82, 2.24) is 5.32 Å². The number of hydrogen-bond donors (Lipinski definition) is 1. The Morgan fingerprint density at radius 3 is 2.55 bits per heavy atom. The summed E-state index contributed by atoms with van der Waals surface area (Å²) in [6, 6.07) is 9.15. The molecule has 1 aliphatic carbocycles. The molecule has 0 aliphatic heterocycles. The first-order chi connectivity index (χ1) is 9.66. The van der Waals surface area contributed by atoms with Gasteiger partial charge in [-0.2, -0.15) is 0 Å². The minimum absolute atomic E-state index is 0.454. The zero-order chi connectivity index (χ0) is 14.4. The smallest absolute Gasteiger partial charge is 0.0723 e. The molecule has 0 spiro atoms. The highest BCUT2D eigenvalue weighted by Gasteiger charge is 2.21. The van der Waals surface area contributed by atoms with Crippen molar-refractivity contribution in [2.75, 3.05) is 0 Å². The number of rotatable bonds is 6. The lowest BCUT2D eigenvalue weighted by Gasteiger charge is -2.29. The molecule has 0 bridgehead atoms. The van der Waals surface area contributed by atoms with Gasteiger partial charge in [0.15, 0.2) is 0 Å². The van der Waals surface area contributed by atoms with E-state index in [2.05, 4.69) is 50.4 Å².